The molecule has 0 saturated carbocycles. The second kappa shape index (κ2) is 8.30. The van der Waals surface area contributed by atoms with E-state index >= 15 is 0 Å². The van der Waals surface area contributed by atoms with Crippen molar-refractivity contribution in [3.8, 4) is 16.9 Å². The van der Waals surface area contributed by atoms with Gasteiger partial charge < -0.3 is 26.8 Å². The summed E-state index contributed by atoms with van der Waals surface area (Å²) in [6, 6.07) is 5.76. The van der Waals surface area contributed by atoms with Gasteiger partial charge in [0.25, 0.3) is 0 Å². The molecule has 2 aromatic rings. The smallest absolute Gasteiger partial charge is 0.125 e. The number of aryl methyl sites for hydroxylation is 1. The monoisotopic (exact) mass is 424 g/mol. The Balaban J connectivity index is 1.76. The Morgan fingerprint density at radius 2 is 1.81 bits per heavy atom. The summed E-state index contributed by atoms with van der Waals surface area (Å²) < 4.78 is 1.73. The summed E-state index contributed by atoms with van der Waals surface area (Å²) in [5, 5.41) is 18.4. The lowest BCUT2D eigenvalue weighted by Gasteiger charge is -2.49. The van der Waals surface area contributed by atoms with Crippen LogP contribution in [0.4, 0.5) is 0 Å². The minimum atomic E-state index is 0.0393. The quantitative estimate of drug-likeness (QED) is 0.550. The third kappa shape index (κ3) is 5.41. The molecule has 7 nitrogen and oxygen atoms in total. The van der Waals surface area contributed by atoms with E-state index in [2.05, 4.69) is 43.0 Å². The molecule has 7 heteroatoms. The molecular formula is C24H36N6O. The third-order valence-corrected chi connectivity index (χ3v) is 5.90. The fourth-order valence-electron chi connectivity index (χ4n) is 4.66. The number of aromatic hydroxyl groups is 1. The van der Waals surface area contributed by atoms with E-state index in [1.54, 1.807) is 23.0 Å². The van der Waals surface area contributed by atoms with Crippen LogP contribution in [0.25, 0.3) is 16.8 Å². The van der Waals surface area contributed by atoms with E-state index in [4.69, 9.17) is 11.5 Å². The maximum atomic E-state index is 10.5. The first-order chi connectivity index (χ1) is 14.4. The molecular weight excluding hydrogens is 388 g/mol. The minimum absolute atomic E-state index is 0.0393. The standard InChI is InChI=1S/C24H36N6O/c1-23(2)12-18(13-24(3,4)28-23)30(6)22(26)10-9-20(25)19-8-7-16(11-21(19)31)17-14-27-29(5)15-17/h7-11,14-15,18,28,31H,12-13,25-26H2,1-6H3/b20-9-,22-10+. The highest BCUT2D eigenvalue weighted by Gasteiger charge is 2.39. The number of nitrogens with one attached hydrogen (secondary N) is 1. The number of benzene rings is 1. The fraction of sp³-hybridized carbons (Fsp3) is 0.458. The van der Waals surface area contributed by atoms with Crippen LogP contribution in [0.3, 0.4) is 0 Å². The molecule has 31 heavy (non-hydrogen) atoms. The molecule has 6 N–H and O–H groups in total. The predicted octanol–water partition coefficient (Wildman–Crippen LogP) is 3.13. The molecule has 1 aliphatic rings. The van der Waals surface area contributed by atoms with E-state index in [1.165, 1.54) is 0 Å². The minimum Gasteiger partial charge on any atom is -0.507 e. The van der Waals surface area contributed by atoms with Crippen molar-refractivity contribution >= 4 is 5.70 Å². The largest absolute Gasteiger partial charge is 0.507 e. The lowest BCUT2D eigenvalue weighted by Crippen LogP contribution is -2.61. The molecule has 0 aliphatic carbocycles. The van der Waals surface area contributed by atoms with Crippen LogP contribution >= 0.6 is 0 Å². The Morgan fingerprint density at radius 3 is 2.35 bits per heavy atom. The Labute approximate surface area is 185 Å². The number of allylic oxidation sites excluding steroid dienone is 2. The lowest BCUT2D eigenvalue weighted by molar-refractivity contribution is 0.0981. The van der Waals surface area contributed by atoms with Gasteiger partial charge >= 0.3 is 0 Å². The van der Waals surface area contributed by atoms with Crippen LogP contribution in [0, 0.1) is 0 Å². The zero-order valence-electron chi connectivity index (χ0n) is 19.5. The van der Waals surface area contributed by atoms with Gasteiger partial charge in [0.05, 0.1) is 12.0 Å². The van der Waals surface area contributed by atoms with Gasteiger partial charge in [-0.2, -0.15) is 5.10 Å². The number of aromatic nitrogens is 2. The van der Waals surface area contributed by atoms with Gasteiger partial charge in [-0.3, -0.25) is 4.68 Å². The van der Waals surface area contributed by atoms with Gasteiger partial charge in [0.1, 0.15) is 5.75 Å². The zero-order chi connectivity index (χ0) is 23.0. The molecule has 2 heterocycles. The van der Waals surface area contributed by atoms with Crippen LogP contribution < -0.4 is 16.8 Å². The summed E-state index contributed by atoms with van der Waals surface area (Å²) >= 11 is 0. The fourth-order valence-corrected chi connectivity index (χ4v) is 4.66. The van der Waals surface area contributed by atoms with E-state index in [0.29, 0.717) is 23.1 Å². The molecule has 1 aliphatic heterocycles. The second-order valence-electron chi connectivity index (χ2n) is 9.91. The maximum absolute atomic E-state index is 10.5. The summed E-state index contributed by atoms with van der Waals surface area (Å²) in [6.07, 6.45) is 9.22. The zero-order valence-corrected chi connectivity index (χ0v) is 19.5. The lowest BCUT2D eigenvalue weighted by atomic mass is 9.79. The number of phenols is 1. The van der Waals surface area contributed by atoms with Crippen LogP contribution in [0.15, 0.2) is 48.6 Å². The van der Waals surface area contributed by atoms with Crippen LogP contribution in [0.1, 0.15) is 46.1 Å². The van der Waals surface area contributed by atoms with Crippen molar-refractivity contribution in [2.45, 2.75) is 57.7 Å². The number of hydrogen-bond acceptors (Lipinski definition) is 6. The van der Waals surface area contributed by atoms with Gasteiger partial charge in [0, 0.05) is 54.2 Å². The summed E-state index contributed by atoms with van der Waals surface area (Å²) in [7, 11) is 3.89. The van der Waals surface area contributed by atoms with Crippen LogP contribution in [-0.4, -0.2) is 44.0 Å². The van der Waals surface area contributed by atoms with Gasteiger partial charge in [0.15, 0.2) is 0 Å². The van der Waals surface area contributed by atoms with E-state index in [9.17, 15) is 5.11 Å². The molecule has 1 aromatic heterocycles. The van der Waals surface area contributed by atoms with Crippen molar-refractivity contribution < 1.29 is 5.11 Å². The van der Waals surface area contributed by atoms with E-state index in [-0.39, 0.29) is 16.8 Å². The molecule has 0 unspecified atom stereocenters. The van der Waals surface area contributed by atoms with Crippen LogP contribution in [0.5, 0.6) is 5.75 Å². The summed E-state index contributed by atoms with van der Waals surface area (Å²) in [5.74, 6) is 0.769. The maximum Gasteiger partial charge on any atom is 0.125 e. The van der Waals surface area contributed by atoms with Gasteiger partial charge in [-0.1, -0.05) is 6.07 Å². The van der Waals surface area contributed by atoms with Crippen molar-refractivity contribution in [2.24, 2.45) is 18.5 Å². The SMILES string of the molecule is CN(/C(N)=C/C=C(\N)c1ccc(-c2cnn(C)c2)cc1O)C1CC(C)(C)NC(C)(C)C1. The average Bonchev–Trinajstić information content (AvgIpc) is 3.09. The van der Waals surface area contributed by atoms with Crippen molar-refractivity contribution in [1.82, 2.24) is 20.0 Å². The molecule has 0 atom stereocenters. The van der Waals surface area contributed by atoms with Crippen molar-refractivity contribution in [3.63, 3.8) is 0 Å². The van der Waals surface area contributed by atoms with Gasteiger partial charge in [-0.25, -0.2) is 0 Å². The number of hydrogen-bond donors (Lipinski definition) is 4. The Morgan fingerprint density at radius 1 is 1.16 bits per heavy atom. The highest BCUT2D eigenvalue weighted by Crippen LogP contribution is 2.32. The highest BCUT2D eigenvalue weighted by atomic mass is 16.3. The van der Waals surface area contributed by atoms with Crippen LogP contribution in [-0.2, 0) is 7.05 Å². The van der Waals surface area contributed by atoms with Gasteiger partial charge in [-0.05, 0) is 70.4 Å². The van der Waals surface area contributed by atoms with Crippen molar-refractivity contribution in [1.29, 1.82) is 0 Å². The third-order valence-electron chi connectivity index (χ3n) is 5.90. The Kier molecular flexibility index (Phi) is 6.09. The number of rotatable bonds is 5. The molecule has 0 spiro atoms. The van der Waals surface area contributed by atoms with Crippen LogP contribution in [0.2, 0.25) is 0 Å². The molecule has 1 aromatic carbocycles. The first kappa shape index (κ1) is 22.7. The Bertz CT molecular complexity index is 985. The Hall–Kier alpha value is -2.93. The summed E-state index contributed by atoms with van der Waals surface area (Å²) in [5.41, 5.74) is 15.6. The van der Waals surface area contributed by atoms with E-state index in [1.807, 2.05) is 38.5 Å². The van der Waals surface area contributed by atoms with E-state index < -0.39 is 0 Å². The molecule has 0 radical (unpaired) electrons. The topological polar surface area (TPSA) is 105 Å². The summed E-state index contributed by atoms with van der Waals surface area (Å²) in [4.78, 5) is 2.12. The highest BCUT2D eigenvalue weighted by molar-refractivity contribution is 5.74. The van der Waals surface area contributed by atoms with Gasteiger partial charge in [-0.15, -0.1) is 0 Å². The van der Waals surface area contributed by atoms with Gasteiger partial charge in [0.2, 0.25) is 0 Å². The number of piperidine rings is 1. The molecule has 1 fully saturated rings. The molecule has 0 bridgehead atoms. The normalized spacial score (nSPS) is 19.4. The molecule has 0 amide bonds. The molecule has 1 saturated heterocycles. The summed E-state index contributed by atoms with van der Waals surface area (Å²) in [6.45, 7) is 8.91. The number of nitrogens with two attached hydrogens (primary N) is 2. The molecule has 168 valence electrons. The number of phenolic OH excluding ortho intramolecular Hbond substituents is 1. The number of nitrogens with zero attached hydrogens (tertiary/aromatic N) is 3. The average molecular weight is 425 g/mol. The van der Waals surface area contributed by atoms with Crippen molar-refractivity contribution in [3.05, 3.63) is 54.1 Å². The molecule has 3 rings (SSSR count). The van der Waals surface area contributed by atoms with E-state index in [0.717, 1.165) is 24.0 Å². The second-order valence-corrected chi connectivity index (χ2v) is 9.91. The van der Waals surface area contributed by atoms with Crippen molar-refractivity contribution in [2.75, 3.05) is 7.05 Å². The first-order valence-corrected chi connectivity index (χ1v) is 10.6. The predicted molar refractivity (Wildman–Crippen MR) is 127 cm³/mol. The first-order valence-electron chi connectivity index (χ1n) is 10.6.